The standard InChI is InChI=1S/C15H16BrN3.C6H9N3/c16-14-13-7-10(8-17)6-11(13)9-18-15(14)19-12-4-2-1-3-5-12;1-2-8-9(3-1)6-4-7-5-6/h7,9,12H,1-6H2,(H,18,19);1-3,6-7H,4-5H2. The molecule has 0 spiro atoms. The van der Waals surface area contributed by atoms with Crippen LogP contribution in [0.1, 0.15) is 49.3 Å². The SMILES string of the molecule is N#CC1=Cc2c(cnc(NC3CCCCC3)c2Br)C1.c1cnn(C2CNC2)c1. The maximum absolute atomic E-state index is 8.99. The number of rotatable bonds is 3. The molecule has 2 N–H and O–H groups in total. The lowest BCUT2D eigenvalue weighted by molar-refractivity contribution is 0.318. The van der Waals surface area contributed by atoms with Crippen molar-refractivity contribution in [3.8, 4) is 6.07 Å². The van der Waals surface area contributed by atoms with Gasteiger partial charge in [0, 0.05) is 49.7 Å². The molecule has 3 heterocycles. The number of anilines is 1. The smallest absolute Gasteiger partial charge is 0.141 e. The fourth-order valence-corrected chi connectivity index (χ4v) is 4.42. The van der Waals surface area contributed by atoms with Gasteiger partial charge >= 0.3 is 0 Å². The van der Waals surface area contributed by atoms with E-state index >= 15 is 0 Å². The summed E-state index contributed by atoms with van der Waals surface area (Å²) in [5.74, 6) is 0.918. The number of hydrogen-bond donors (Lipinski definition) is 2. The van der Waals surface area contributed by atoms with E-state index in [1.54, 1.807) is 0 Å². The van der Waals surface area contributed by atoms with E-state index in [0.717, 1.165) is 40.1 Å². The van der Waals surface area contributed by atoms with Gasteiger partial charge < -0.3 is 10.6 Å². The van der Waals surface area contributed by atoms with Crippen LogP contribution in [-0.2, 0) is 6.42 Å². The minimum absolute atomic E-state index is 0.538. The first-order valence-corrected chi connectivity index (χ1v) is 10.8. The summed E-state index contributed by atoms with van der Waals surface area (Å²) in [4.78, 5) is 4.51. The second kappa shape index (κ2) is 8.89. The molecule has 5 rings (SSSR count). The third-order valence-corrected chi connectivity index (χ3v) is 6.39. The number of fused-ring (bicyclic) bond motifs is 1. The van der Waals surface area contributed by atoms with Crippen LogP contribution in [0.15, 0.2) is 34.7 Å². The molecule has 0 radical (unpaired) electrons. The van der Waals surface area contributed by atoms with Gasteiger partial charge in [-0.1, -0.05) is 19.3 Å². The Labute approximate surface area is 174 Å². The highest BCUT2D eigenvalue weighted by Crippen LogP contribution is 2.35. The Morgan fingerprint density at radius 3 is 2.71 bits per heavy atom. The normalized spacial score (nSPS) is 18.9. The molecule has 2 aliphatic carbocycles. The minimum atomic E-state index is 0.538. The van der Waals surface area contributed by atoms with Gasteiger partial charge in [-0.2, -0.15) is 10.4 Å². The van der Waals surface area contributed by atoms with Crippen molar-refractivity contribution >= 4 is 27.8 Å². The van der Waals surface area contributed by atoms with Crippen LogP contribution in [0.4, 0.5) is 5.82 Å². The first kappa shape index (κ1) is 19.2. The number of allylic oxidation sites excluding steroid dienone is 1. The number of pyridine rings is 1. The van der Waals surface area contributed by atoms with Crippen LogP contribution in [0.2, 0.25) is 0 Å². The molecule has 6 nitrogen and oxygen atoms in total. The molecule has 0 amide bonds. The molecule has 0 unspecified atom stereocenters. The van der Waals surface area contributed by atoms with Crippen LogP contribution < -0.4 is 10.6 Å². The quantitative estimate of drug-likeness (QED) is 0.751. The Morgan fingerprint density at radius 2 is 2.07 bits per heavy atom. The predicted molar refractivity (Wildman–Crippen MR) is 114 cm³/mol. The van der Waals surface area contributed by atoms with Crippen molar-refractivity contribution in [1.29, 1.82) is 5.26 Å². The second-order valence-electron chi connectivity index (χ2n) is 7.60. The zero-order valence-electron chi connectivity index (χ0n) is 15.9. The van der Waals surface area contributed by atoms with E-state index in [0.29, 0.717) is 18.5 Å². The summed E-state index contributed by atoms with van der Waals surface area (Å²) >= 11 is 3.64. The molecular weight excluding hydrogens is 416 g/mol. The Hall–Kier alpha value is -2.17. The summed E-state index contributed by atoms with van der Waals surface area (Å²) in [7, 11) is 0. The molecule has 0 aromatic carbocycles. The summed E-state index contributed by atoms with van der Waals surface area (Å²) in [5, 5.41) is 19.8. The largest absolute Gasteiger partial charge is 0.366 e. The van der Waals surface area contributed by atoms with Gasteiger partial charge in [-0.25, -0.2) is 4.98 Å². The summed E-state index contributed by atoms with van der Waals surface area (Å²) < 4.78 is 3.00. The molecule has 146 valence electrons. The van der Waals surface area contributed by atoms with Crippen molar-refractivity contribution in [2.45, 2.75) is 50.6 Å². The van der Waals surface area contributed by atoms with E-state index in [1.807, 2.05) is 35.4 Å². The first-order valence-electron chi connectivity index (χ1n) is 9.99. The van der Waals surface area contributed by atoms with E-state index < -0.39 is 0 Å². The highest BCUT2D eigenvalue weighted by molar-refractivity contribution is 9.10. The molecular formula is C21H25BrN6. The lowest BCUT2D eigenvalue weighted by Crippen LogP contribution is -2.43. The van der Waals surface area contributed by atoms with Gasteiger partial charge in [0.15, 0.2) is 0 Å². The van der Waals surface area contributed by atoms with Gasteiger partial charge in [-0.15, -0.1) is 0 Å². The van der Waals surface area contributed by atoms with E-state index in [1.165, 1.54) is 32.1 Å². The van der Waals surface area contributed by atoms with Gasteiger partial charge in [0.05, 0.1) is 16.6 Å². The zero-order chi connectivity index (χ0) is 19.3. The Bertz CT molecular complexity index is 873. The van der Waals surface area contributed by atoms with Crippen LogP contribution in [0.3, 0.4) is 0 Å². The predicted octanol–water partition coefficient (Wildman–Crippen LogP) is 4.08. The van der Waals surface area contributed by atoms with Crippen molar-refractivity contribution in [2.24, 2.45) is 0 Å². The van der Waals surface area contributed by atoms with Crippen molar-refractivity contribution in [2.75, 3.05) is 18.4 Å². The van der Waals surface area contributed by atoms with E-state index in [2.05, 4.69) is 42.7 Å². The number of aromatic nitrogens is 3. The molecule has 1 saturated heterocycles. The van der Waals surface area contributed by atoms with Crippen LogP contribution in [-0.4, -0.2) is 33.9 Å². The van der Waals surface area contributed by atoms with Crippen LogP contribution >= 0.6 is 15.9 Å². The lowest BCUT2D eigenvalue weighted by Gasteiger charge is -2.26. The van der Waals surface area contributed by atoms with Crippen molar-refractivity contribution < 1.29 is 0 Å². The fraction of sp³-hybridized carbons (Fsp3) is 0.476. The topological polar surface area (TPSA) is 78.6 Å². The molecule has 2 fully saturated rings. The average Bonchev–Trinajstić information content (AvgIpc) is 3.34. The maximum atomic E-state index is 8.99. The molecule has 2 aromatic heterocycles. The number of nitrogens with zero attached hydrogens (tertiary/aromatic N) is 4. The minimum Gasteiger partial charge on any atom is -0.366 e. The number of nitriles is 1. The molecule has 1 aliphatic heterocycles. The third kappa shape index (κ3) is 4.29. The molecule has 7 heteroatoms. The highest BCUT2D eigenvalue weighted by atomic mass is 79.9. The number of hydrogen-bond acceptors (Lipinski definition) is 5. The lowest BCUT2D eigenvalue weighted by atomic mass is 9.95. The monoisotopic (exact) mass is 440 g/mol. The van der Waals surface area contributed by atoms with Crippen LogP contribution in [0.25, 0.3) is 6.08 Å². The Balaban J connectivity index is 0.000000177. The number of halogens is 1. The van der Waals surface area contributed by atoms with Gasteiger partial charge in [-0.3, -0.25) is 4.68 Å². The van der Waals surface area contributed by atoms with Crippen molar-refractivity contribution in [3.05, 3.63) is 45.8 Å². The Morgan fingerprint density at radius 1 is 1.25 bits per heavy atom. The van der Waals surface area contributed by atoms with Gasteiger partial charge in [0.25, 0.3) is 0 Å². The molecule has 28 heavy (non-hydrogen) atoms. The van der Waals surface area contributed by atoms with E-state index in [9.17, 15) is 0 Å². The molecule has 3 aliphatic rings. The zero-order valence-corrected chi connectivity index (χ0v) is 17.5. The average molecular weight is 441 g/mol. The first-order chi connectivity index (χ1) is 13.7. The summed E-state index contributed by atoms with van der Waals surface area (Å²) in [5.41, 5.74) is 3.06. The molecule has 1 saturated carbocycles. The Kier molecular flexibility index (Phi) is 6.08. The van der Waals surface area contributed by atoms with Gasteiger partial charge in [0.2, 0.25) is 0 Å². The molecule has 2 aromatic rings. The maximum Gasteiger partial charge on any atom is 0.141 e. The summed E-state index contributed by atoms with van der Waals surface area (Å²) in [6, 6.07) is 5.34. The van der Waals surface area contributed by atoms with Gasteiger partial charge in [-0.05, 0) is 52.0 Å². The second-order valence-corrected chi connectivity index (χ2v) is 8.39. The van der Waals surface area contributed by atoms with E-state index in [4.69, 9.17) is 5.26 Å². The van der Waals surface area contributed by atoms with Crippen molar-refractivity contribution in [1.82, 2.24) is 20.1 Å². The molecule has 0 atom stereocenters. The molecule has 0 bridgehead atoms. The number of nitrogens with one attached hydrogen (secondary N) is 2. The highest BCUT2D eigenvalue weighted by Gasteiger charge is 2.21. The van der Waals surface area contributed by atoms with Crippen LogP contribution in [0, 0.1) is 11.3 Å². The summed E-state index contributed by atoms with van der Waals surface area (Å²) in [6.45, 7) is 2.14. The fourth-order valence-electron chi connectivity index (χ4n) is 3.83. The third-order valence-electron chi connectivity index (χ3n) is 5.59. The van der Waals surface area contributed by atoms with Gasteiger partial charge in [0.1, 0.15) is 5.82 Å². The van der Waals surface area contributed by atoms with E-state index in [-0.39, 0.29) is 0 Å². The summed E-state index contributed by atoms with van der Waals surface area (Å²) in [6.07, 6.45) is 14.8. The van der Waals surface area contributed by atoms with Crippen LogP contribution in [0.5, 0.6) is 0 Å². The van der Waals surface area contributed by atoms with Crippen molar-refractivity contribution in [3.63, 3.8) is 0 Å².